The van der Waals surface area contributed by atoms with Crippen LogP contribution in [-0.2, 0) is 27.9 Å². The number of hydrogen-bond acceptors (Lipinski definition) is 7. The molecule has 2 unspecified atom stereocenters. The third kappa shape index (κ3) is 40.0. The maximum atomic E-state index is 12.6. The van der Waals surface area contributed by atoms with Gasteiger partial charge in [-0.2, -0.15) is 0 Å². The third-order valence-electron chi connectivity index (χ3n) is 9.09. The Morgan fingerprint density at radius 1 is 0.569 bits per heavy atom. The van der Waals surface area contributed by atoms with E-state index in [2.05, 4.69) is 38.2 Å². The average Bonchev–Trinajstić information content (AvgIpc) is 3.12. The molecular formula is C42H82NO7P. The van der Waals surface area contributed by atoms with Gasteiger partial charge in [-0.05, 0) is 64.2 Å². The van der Waals surface area contributed by atoms with Crippen LogP contribution in [0.4, 0.5) is 0 Å². The lowest BCUT2D eigenvalue weighted by atomic mass is 10.1. The van der Waals surface area contributed by atoms with Crippen molar-refractivity contribution in [1.29, 1.82) is 0 Å². The Hall–Kier alpha value is -1.02. The molecule has 2 atom stereocenters. The van der Waals surface area contributed by atoms with Crippen molar-refractivity contribution in [2.45, 2.75) is 206 Å². The van der Waals surface area contributed by atoms with Crippen LogP contribution in [0.3, 0.4) is 0 Å². The number of allylic oxidation sites excluding steroid dienone is 4. The predicted octanol–water partition coefficient (Wildman–Crippen LogP) is 12.5. The fraction of sp³-hybridized carbons (Fsp3) is 0.881. The largest absolute Gasteiger partial charge is 0.472 e. The quantitative estimate of drug-likeness (QED) is 0.0275. The molecule has 3 N–H and O–H groups in total. The van der Waals surface area contributed by atoms with E-state index in [1.54, 1.807) is 0 Å². The maximum Gasteiger partial charge on any atom is 0.472 e. The molecule has 8 nitrogen and oxygen atoms in total. The van der Waals surface area contributed by atoms with Crippen molar-refractivity contribution in [3.05, 3.63) is 24.3 Å². The summed E-state index contributed by atoms with van der Waals surface area (Å²) in [6, 6.07) is 0. The lowest BCUT2D eigenvalue weighted by Gasteiger charge is -2.20. The summed E-state index contributed by atoms with van der Waals surface area (Å²) in [5.41, 5.74) is 5.36. The molecule has 0 spiro atoms. The fourth-order valence-electron chi connectivity index (χ4n) is 5.93. The molecule has 0 amide bonds. The number of phosphoric acid groups is 1. The highest BCUT2D eigenvalue weighted by Crippen LogP contribution is 2.43. The minimum atomic E-state index is -4.28. The molecule has 0 aliphatic rings. The number of esters is 1. The van der Waals surface area contributed by atoms with Crippen LogP contribution in [0.5, 0.6) is 0 Å². The molecule has 0 saturated heterocycles. The first-order valence-corrected chi connectivity index (χ1v) is 22.8. The molecule has 0 aromatic carbocycles. The highest BCUT2D eigenvalue weighted by Gasteiger charge is 2.25. The lowest BCUT2D eigenvalue weighted by molar-refractivity contribution is -0.154. The molecule has 0 saturated carbocycles. The summed E-state index contributed by atoms with van der Waals surface area (Å²) in [5, 5.41) is 0. The van der Waals surface area contributed by atoms with Gasteiger partial charge in [0.25, 0.3) is 0 Å². The smallest absolute Gasteiger partial charge is 0.457 e. The lowest BCUT2D eigenvalue weighted by Crippen LogP contribution is -2.28. The van der Waals surface area contributed by atoms with E-state index in [1.807, 2.05) is 0 Å². The summed E-state index contributed by atoms with van der Waals surface area (Å²) in [4.78, 5) is 22.4. The Morgan fingerprint density at radius 2 is 0.980 bits per heavy atom. The number of carbonyl (C=O) groups is 1. The molecule has 0 aromatic heterocycles. The van der Waals surface area contributed by atoms with Crippen LogP contribution in [0.25, 0.3) is 0 Å². The summed E-state index contributed by atoms with van der Waals surface area (Å²) in [6.45, 7) is 4.91. The Labute approximate surface area is 315 Å². The molecule has 0 fully saturated rings. The molecule has 0 aliphatic heterocycles. The van der Waals surface area contributed by atoms with Crippen molar-refractivity contribution >= 4 is 13.8 Å². The van der Waals surface area contributed by atoms with E-state index in [0.717, 1.165) is 44.9 Å². The first-order valence-electron chi connectivity index (χ1n) is 21.3. The number of nitrogens with two attached hydrogens (primary N) is 1. The van der Waals surface area contributed by atoms with E-state index in [4.69, 9.17) is 24.3 Å². The van der Waals surface area contributed by atoms with E-state index in [-0.39, 0.29) is 32.3 Å². The van der Waals surface area contributed by atoms with Crippen LogP contribution in [0.1, 0.15) is 200 Å². The summed E-state index contributed by atoms with van der Waals surface area (Å²) < 4.78 is 33.4. The standard InChI is InChI=1S/C42H82NO7P/c1-3-5-7-9-11-13-15-17-19-20-22-24-26-28-30-32-34-37-47-39-41(40-49-51(45,46)48-38-36-43)50-42(44)35-33-31-29-27-25-23-21-18-16-14-12-10-8-6-4-2/h18-21,41H,3-17,22-40,43H2,1-2H3,(H,45,46)/b20-19-,21-18-. The summed E-state index contributed by atoms with van der Waals surface area (Å²) in [6.07, 6.45) is 43.3. The first kappa shape index (κ1) is 50.0. The Kier molecular flexibility index (Phi) is 39.4. The zero-order valence-corrected chi connectivity index (χ0v) is 34.2. The van der Waals surface area contributed by atoms with Gasteiger partial charge in [0.1, 0.15) is 6.10 Å². The zero-order chi connectivity index (χ0) is 37.4. The molecule has 9 heteroatoms. The van der Waals surface area contributed by atoms with Crippen LogP contribution in [0, 0.1) is 0 Å². The first-order chi connectivity index (χ1) is 24.9. The van der Waals surface area contributed by atoms with Crippen molar-refractivity contribution < 1.29 is 32.8 Å². The molecule has 0 radical (unpaired) electrons. The van der Waals surface area contributed by atoms with Gasteiger partial charge >= 0.3 is 13.8 Å². The van der Waals surface area contributed by atoms with Gasteiger partial charge < -0.3 is 20.1 Å². The Morgan fingerprint density at radius 3 is 1.43 bits per heavy atom. The number of hydrogen-bond donors (Lipinski definition) is 2. The van der Waals surface area contributed by atoms with Crippen LogP contribution in [-0.4, -0.2) is 49.9 Å². The molecule has 0 rings (SSSR count). The second-order valence-corrected chi connectivity index (χ2v) is 15.7. The number of phosphoric ester groups is 1. The normalized spacial score (nSPS) is 13.7. The number of unbranched alkanes of at least 4 members (excludes halogenated alkanes) is 24. The van der Waals surface area contributed by atoms with Gasteiger partial charge in [0.05, 0.1) is 19.8 Å². The van der Waals surface area contributed by atoms with E-state index < -0.39 is 13.9 Å². The second kappa shape index (κ2) is 40.2. The molecule has 0 heterocycles. The van der Waals surface area contributed by atoms with Crippen LogP contribution in [0.15, 0.2) is 24.3 Å². The van der Waals surface area contributed by atoms with Gasteiger partial charge in [-0.3, -0.25) is 13.8 Å². The van der Waals surface area contributed by atoms with Crippen molar-refractivity contribution in [2.75, 3.05) is 33.0 Å². The predicted molar refractivity (Wildman–Crippen MR) is 215 cm³/mol. The Bertz CT molecular complexity index is 838. The van der Waals surface area contributed by atoms with Gasteiger partial charge in [0.15, 0.2) is 0 Å². The Balaban J connectivity index is 4.05. The summed E-state index contributed by atoms with van der Waals surface area (Å²) >= 11 is 0. The highest BCUT2D eigenvalue weighted by atomic mass is 31.2. The van der Waals surface area contributed by atoms with Crippen molar-refractivity contribution in [1.82, 2.24) is 0 Å². The molecule has 0 aromatic rings. The van der Waals surface area contributed by atoms with E-state index >= 15 is 0 Å². The van der Waals surface area contributed by atoms with Gasteiger partial charge in [-0.15, -0.1) is 0 Å². The van der Waals surface area contributed by atoms with Crippen LogP contribution >= 0.6 is 7.82 Å². The third-order valence-corrected chi connectivity index (χ3v) is 10.1. The average molecular weight is 744 g/mol. The molecule has 302 valence electrons. The molecular weight excluding hydrogens is 661 g/mol. The van der Waals surface area contributed by atoms with Gasteiger partial charge in [0, 0.05) is 19.6 Å². The minimum Gasteiger partial charge on any atom is -0.457 e. The number of rotatable bonds is 41. The van der Waals surface area contributed by atoms with Crippen molar-refractivity contribution in [3.8, 4) is 0 Å². The van der Waals surface area contributed by atoms with Crippen LogP contribution in [0.2, 0.25) is 0 Å². The van der Waals surface area contributed by atoms with Gasteiger partial charge in [0.2, 0.25) is 0 Å². The highest BCUT2D eigenvalue weighted by molar-refractivity contribution is 7.47. The molecule has 0 bridgehead atoms. The molecule has 51 heavy (non-hydrogen) atoms. The molecule has 0 aliphatic carbocycles. The minimum absolute atomic E-state index is 0.0970. The number of carbonyl (C=O) groups excluding carboxylic acids is 1. The van der Waals surface area contributed by atoms with E-state index in [0.29, 0.717) is 13.0 Å². The van der Waals surface area contributed by atoms with Crippen molar-refractivity contribution in [2.24, 2.45) is 5.73 Å². The van der Waals surface area contributed by atoms with Gasteiger partial charge in [-0.25, -0.2) is 4.57 Å². The topological polar surface area (TPSA) is 117 Å². The second-order valence-electron chi connectivity index (χ2n) is 14.2. The van der Waals surface area contributed by atoms with E-state index in [1.165, 1.54) is 135 Å². The van der Waals surface area contributed by atoms with Crippen molar-refractivity contribution in [3.63, 3.8) is 0 Å². The fourth-order valence-corrected chi connectivity index (χ4v) is 6.69. The van der Waals surface area contributed by atoms with Crippen LogP contribution < -0.4 is 5.73 Å². The summed E-state index contributed by atoms with van der Waals surface area (Å²) in [7, 11) is -4.28. The number of ether oxygens (including phenoxy) is 2. The SMILES string of the molecule is CCCCCCCC/C=C\CCCCCCCC(=O)OC(COCCCCCCCC/C=C\CCCCCCCCC)COP(=O)(O)OCCN. The maximum absolute atomic E-state index is 12.6. The zero-order valence-electron chi connectivity index (χ0n) is 33.3. The summed E-state index contributed by atoms with van der Waals surface area (Å²) in [5.74, 6) is -0.340. The van der Waals surface area contributed by atoms with Gasteiger partial charge in [-0.1, -0.05) is 154 Å². The van der Waals surface area contributed by atoms with E-state index in [9.17, 15) is 14.3 Å². The monoisotopic (exact) mass is 744 g/mol.